The van der Waals surface area contributed by atoms with Gasteiger partial charge in [-0.3, -0.25) is 0 Å². The highest BCUT2D eigenvalue weighted by molar-refractivity contribution is 6.48. The van der Waals surface area contributed by atoms with E-state index in [1.165, 1.54) is 32.4 Å². The molecule has 1 heterocycles. The fourth-order valence-corrected chi connectivity index (χ4v) is 1.66. The van der Waals surface area contributed by atoms with Crippen LogP contribution in [0.25, 0.3) is 0 Å². The van der Waals surface area contributed by atoms with Gasteiger partial charge in [0.05, 0.1) is 0 Å². The fraction of sp³-hybridized carbons (Fsp3) is 1.00. The van der Waals surface area contributed by atoms with Crippen molar-refractivity contribution >= 4 is 6.92 Å². The summed E-state index contributed by atoms with van der Waals surface area (Å²) in [5.41, 5.74) is 0. The van der Waals surface area contributed by atoms with E-state index in [4.69, 9.17) is 5.02 Å². The van der Waals surface area contributed by atoms with E-state index < -0.39 is 0 Å². The lowest BCUT2D eigenvalue weighted by Crippen LogP contribution is -2.10. The number of hydrogen-bond donors (Lipinski definition) is 2. The van der Waals surface area contributed by atoms with E-state index in [1.54, 1.807) is 0 Å². The third-order valence-corrected chi connectivity index (χ3v) is 2.40. The Balaban J connectivity index is 1.94. The molecule has 0 saturated carbocycles. The van der Waals surface area contributed by atoms with Crippen LogP contribution in [0.3, 0.4) is 0 Å². The van der Waals surface area contributed by atoms with E-state index in [2.05, 4.69) is 5.32 Å². The minimum atomic E-state index is -0.107. The third-order valence-electron chi connectivity index (χ3n) is 2.40. The Bertz CT molecular complexity index is 102. The predicted octanol–water partition coefficient (Wildman–Crippen LogP) is 0.990. The van der Waals surface area contributed by atoms with Crippen molar-refractivity contribution in [2.75, 3.05) is 13.1 Å². The number of nitrogens with one attached hydrogen (secondary N) is 1. The molecule has 0 amide bonds. The largest absolute Gasteiger partial charge is 0.451 e. The van der Waals surface area contributed by atoms with Crippen LogP contribution in [0.2, 0.25) is 13.1 Å². The Morgan fingerprint density at radius 3 is 3.00 bits per heavy atom. The molecule has 0 bridgehead atoms. The molecule has 0 aromatic heterocycles. The Morgan fingerprint density at radius 1 is 1.64 bits per heavy atom. The molecule has 0 aliphatic carbocycles. The first-order valence-electron chi connectivity index (χ1n) is 4.68. The maximum Gasteiger partial charge on any atom is 0.285 e. The van der Waals surface area contributed by atoms with Crippen molar-refractivity contribution in [2.45, 2.75) is 32.4 Å². The number of hydrogen-bond acceptors (Lipinski definition) is 2. The molecular weight excluding hydrogens is 137 g/mol. The second kappa shape index (κ2) is 4.78. The van der Waals surface area contributed by atoms with Gasteiger partial charge in [0, 0.05) is 0 Å². The molecule has 1 fully saturated rings. The Morgan fingerprint density at radius 2 is 2.45 bits per heavy atom. The summed E-state index contributed by atoms with van der Waals surface area (Å²) in [5.74, 6) is 0.883. The SMILES string of the molecule is CB(O)CCC[C@H]1CCNC1. The lowest BCUT2D eigenvalue weighted by molar-refractivity contribution is 0.509. The van der Waals surface area contributed by atoms with E-state index in [1.807, 2.05) is 6.82 Å². The van der Waals surface area contributed by atoms with Crippen LogP contribution in [0.15, 0.2) is 0 Å². The van der Waals surface area contributed by atoms with Crippen LogP contribution in [0.4, 0.5) is 0 Å². The molecule has 1 rings (SSSR count). The molecule has 64 valence electrons. The topological polar surface area (TPSA) is 32.3 Å². The molecule has 1 aliphatic heterocycles. The average Bonchev–Trinajstić information content (AvgIpc) is 2.39. The van der Waals surface area contributed by atoms with Crippen molar-refractivity contribution in [3.63, 3.8) is 0 Å². The van der Waals surface area contributed by atoms with Gasteiger partial charge >= 0.3 is 0 Å². The maximum absolute atomic E-state index is 9.01. The fourth-order valence-electron chi connectivity index (χ4n) is 1.66. The molecule has 0 unspecified atom stereocenters. The average molecular weight is 155 g/mol. The summed E-state index contributed by atoms with van der Waals surface area (Å²) >= 11 is 0. The zero-order valence-electron chi connectivity index (χ0n) is 7.34. The van der Waals surface area contributed by atoms with Crippen molar-refractivity contribution < 1.29 is 5.02 Å². The van der Waals surface area contributed by atoms with Crippen molar-refractivity contribution in [1.82, 2.24) is 5.32 Å². The molecule has 2 N–H and O–H groups in total. The van der Waals surface area contributed by atoms with Gasteiger partial charge in [0.2, 0.25) is 0 Å². The maximum atomic E-state index is 9.01. The van der Waals surface area contributed by atoms with Crippen LogP contribution in [-0.2, 0) is 0 Å². The van der Waals surface area contributed by atoms with Crippen LogP contribution >= 0.6 is 0 Å². The van der Waals surface area contributed by atoms with E-state index in [0.29, 0.717) is 0 Å². The molecule has 11 heavy (non-hydrogen) atoms. The van der Waals surface area contributed by atoms with Gasteiger partial charge in [-0.1, -0.05) is 13.2 Å². The van der Waals surface area contributed by atoms with Crippen molar-refractivity contribution in [2.24, 2.45) is 5.92 Å². The van der Waals surface area contributed by atoms with Gasteiger partial charge < -0.3 is 10.3 Å². The Kier molecular flexibility index (Phi) is 3.94. The van der Waals surface area contributed by atoms with Gasteiger partial charge in [-0.05, 0) is 38.2 Å². The monoisotopic (exact) mass is 155 g/mol. The molecule has 1 saturated heterocycles. The van der Waals surface area contributed by atoms with Gasteiger partial charge in [0.25, 0.3) is 6.92 Å². The lowest BCUT2D eigenvalue weighted by Gasteiger charge is -2.06. The van der Waals surface area contributed by atoms with Crippen LogP contribution in [0.5, 0.6) is 0 Å². The number of rotatable bonds is 4. The molecule has 1 atom stereocenters. The van der Waals surface area contributed by atoms with Crippen molar-refractivity contribution in [3.8, 4) is 0 Å². The highest BCUT2D eigenvalue weighted by atomic mass is 16.2. The Labute approximate surface area is 69.5 Å². The molecule has 2 nitrogen and oxygen atoms in total. The lowest BCUT2D eigenvalue weighted by atomic mass is 9.66. The highest BCUT2D eigenvalue weighted by Gasteiger charge is 2.14. The van der Waals surface area contributed by atoms with Crippen molar-refractivity contribution in [3.05, 3.63) is 0 Å². The predicted molar refractivity (Wildman–Crippen MR) is 48.9 cm³/mol. The van der Waals surface area contributed by atoms with E-state index >= 15 is 0 Å². The molecule has 0 spiro atoms. The van der Waals surface area contributed by atoms with Crippen LogP contribution in [-0.4, -0.2) is 25.0 Å². The summed E-state index contributed by atoms with van der Waals surface area (Å²) in [6, 6.07) is 0. The van der Waals surface area contributed by atoms with Crippen LogP contribution in [0.1, 0.15) is 19.3 Å². The van der Waals surface area contributed by atoms with E-state index in [-0.39, 0.29) is 6.92 Å². The molecule has 3 heteroatoms. The van der Waals surface area contributed by atoms with Crippen LogP contribution < -0.4 is 5.32 Å². The minimum absolute atomic E-state index is 0.107. The summed E-state index contributed by atoms with van der Waals surface area (Å²) in [6.07, 6.45) is 4.78. The standard InChI is InChI=1S/C8H18BNO/c1-9(11)5-2-3-8-4-6-10-7-8/h8,10-11H,2-7H2,1H3/t8-/m0/s1. The zero-order valence-corrected chi connectivity index (χ0v) is 7.34. The summed E-state index contributed by atoms with van der Waals surface area (Å²) in [5, 5.41) is 12.4. The van der Waals surface area contributed by atoms with Gasteiger partial charge in [-0.15, -0.1) is 0 Å². The third kappa shape index (κ3) is 3.78. The Hall–Kier alpha value is -0.0151. The van der Waals surface area contributed by atoms with Crippen molar-refractivity contribution in [1.29, 1.82) is 0 Å². The molecular formula is C8H18BNO. The second-order valence-corrected chi connectivity index (χ2v) is 3.64. The zero-order chi connectivity index (χ0) is 8.10. The first-order valence-corrected chi connectivity index (χ1v) is 4.68. The molecule has 0 radical (unpaired) electrons. The first-order chi connectivity index (χ1) is 5.29. The van der Waals surface area contributed by atoms with Crippen LogP contribution in [0, 0.1) is 5.92 Å². The normalized spacial score (nSPS) is 24.0. The molecule has 0 aromatic rings. The van der Waals surface area contributed by atoms with Gasteiger partial charge in [0.1, 0.15) is 0 Å². The highest BCUT2D eigenvalue weighted by Crippen LogP contribution is 2.15. The summed E-state index contributed by atoms with van der Waals surface area (Å²) in [6.45, 7) is 4.15. The van der Waals surface area contributed by atoms with E-state index in [9.17, 15) is 0 Å². The molecule has 0 aromatic carbocycles. The second-order valence-electron chi connectivity index (χ2n) is 3.64. The summed E-state index contributed by atoms with van der Waals surface area (Å²) < 4.78 is 0. The quantitative estimate of drug-likeness (QED) is 0.593. The van der Waals surface area contributed by atoms with E-state index in [0.717, 1.165) is 12.2 Å². The van der Waals surface area contributed by atoms with Gasteiger partial charge in [-0.2, -0.15) is 0 Å². The first kappa shape index (κ1) is 9.08. The van der Waals surface area contributed by atoms with Gasteiger partial charge in [0.15, 0.2) is 0 Å². The summed E-state index contributed by atoms with van der Waals surface area (Å²) in [7, 11) is 0. The summed E-state index contributed by atoms with van der Waals surface area (Å²) in [4.78, 5) is 0. The minimum Gasteiger partial charge on any atom is -0.451 e. The molecule has 1 aliphatic rings. The smallest absolute Gasteiger partial charge is 0.285 e. The van der Waals surface area contributed by atoms with Gasteiger partial charge in [-0.25, -0.2) is 0 Å².